The number of fused-ring (bicyclic) bond motifs is 1. The number of hydrogen-bond acceptors (Lipinski definition) is 4. The first-order valence-corrected chi connectivity index (χ1v) is 10.1. The van der Waals surface area contributed by atoms with Crippen LogP contribution in [0.15, 0.2) is 54.6 Å². The van der Waals surface area contributed by atoms with Gasteiger partial charge in [-0.3, -0.25) is 9.59 Å². The molecule has 1 saturated carbocycles. The smallest absolute Gasteiger partial charge is 0.255 e. The van der Waals surface area contributed by atoms with Gasteiger partial charge in [0.1, 0.15) is 12.4 Å². The van der Waals surface area contributed by atoms with Gasteiger partial charge in [0.15, 0.2) is 5.78 Å². The number of carbonyl (C=O) groups excluding carboxylic acids is 2. The van der Waals surface area contributed by atoms with Crippen molar-refractivity contribution < 1.29 is 14.3 Å². The molecule has 0 radical (unpaired) electrons. The van der Waals surface area contributed by atoms with Gasteiger partial charge in [0, 0.05) is 24.1 Å². The van der Waals surface area contributed by atoms with E-state index in [1.165, 1.54) is 0 Å². The third kappa shape index (κ3) is 3.96. The summed E-state index contributed by atoms with van der Waals surface area (Å²) in [5.74, 6) is 0.707. The normalized spacial score (nSPS) is 19.3. The van der Waals surface area contributed by atoms with E-state index in [0.717, 1.165) is 35.1 Å². The molecule has 0 aromatic heterocycles. The molecule has 1 amide bonds. The fraction of sp³-hybridized carbons (Fsp3) is 0.333. The molecule has 29 heavy (non-hydrogen) atoms. The molecule has 0 spiro atoms. The molecular weight excluding hydrogens is 364 g/mol. The van der Waals surface area contributed by atoms with Crippen molar-refractivity contribution in [3.63, 3.8) is 0 Å². The van der Waals surface area contributed by atoms with Crippen molar-refractivity contribution in [1.29, 1.82) is 0 Å². The van der Waals surface area contributed by atoms with Crippen molar-refractivity contribution in [2.45, 2.75) is 51.4 Å². The van der Waals surface area contributed by atoms with Crippen molar-refractivity contribution >= 4 is 11.7 Å². The number of amides is 1. The quantitative estimate of drug-likeness (QED) is 0.623. The Morgan fingerprint density at radius 1 is 1.14 bits per heavy atom. The molecule has 5 heteroatoms. The van der Waals surface area contributed by atoms with Crippen molar-refractivity contribution in [3.05, 3.63) is 76.9 Å². The van der Waals surface area contributed by atoms with Gasteiger partial charge in [-0.1, -0.05) is 42.5 Å². The summed E-state index contributed by atoms with van der Waals surface area (Å²) in [6, 6.07) is 13.1. The number of ketones is 1. The zero-order chi connectivity index (χ0) is 20.4. The number of rotatable bonds is 5. The average Bonchev–Trinajstić information content (AvgIpc) is 2.96. The van der Waals surface area contributed by atoms with Crippen LogP contribution >= 0.6 is 0 Å². The molecule has 5 nitrogen and oxygen atoms in total. The average molecular weight is 390 g/mol. The Bertz CT molecular complexity index is 966. The molecule has 0 saturated heterocycles. The Morgan fingerprint density at radius 3 is 2.76 bits per heavy atom. The fourth-order valence-corrected chi connectivity index (χ4v) is 4.21. The van der Waals surface area contributed by atoms with Gasteiger partial charge in [-0.05, 0) is 42.5 Å². The van der Waals surface area contributed by atoms with E-state index >= 15 is 0 Å². The van der Waals surface area contributed by atoms with E-state index in [9.17, 15) is 9.59 Å². The van der Waals surface area contributed by atoms with Crippen molar-refractivity contribution in [2.75, 3.05) is 0 Å². The Kier molecular flexibility index (Phi) is 5.49. The van der Waals surface area contributed by atoms with Gasteiger partial charge in [-0.25, -0.2) is 0 Å². The predicted molar refractivity (Wildman–Crippen MR) is 111 cm³/mol. The van der Waals surface area contributed by atoms with E-state index in [4.69, 9.17) is 10.5 Å². The van der Waals surface area contributed by atoms with Crippen LogP contribution in [-0.4, -0.2) is 22.6 Å². The number of allylic oxidation sites excluding steroid dienone is 1. The molecular formula is C24H26N2O3. The third-order valence-electron chi connectivity index (χ3n) is 5.75. The van der Waals surface area contributed by atoms with E-state index < -0.39 is 0 Å². The summed E-state index contributed by atoms with van der Waals surface area (Å²) < 4.78 is 6.07. The van der Waals surface area contributed by atoms with Crippen molar-refractivity contribution in [2.24, 2.45) is 5.73 Å². The van der Waals surface area contributed by atoms with E-state index in [2.05, 4.69) is 6.58 Å². The summed E-state index contributed by atoms with van der Waals surface area (Å²) in [6.45, 7) is 5.27. The lowest BCUT2D eigenvalue weighted by Crippen LogP contribution is -2.40. The molecule has 1 aliphatic heterocycles. The summed E-state index contributed by atoms with van der Waals surface area (Å²) in [5, 5.41) is 0. The topological polar surface area (TPSA) is 72.6 Å². The standard InChI is InChI=1S/C24H26N2O3/c1-16-5-2-9-21(22(27)11-16)26-14-20-19(24(26)28)8-4-10-23(20)29-15-18-7-3-6-17(12-18)13-25/h3-4,6-8,10,12,21H,1-2,5,9,11,13-15,25H2/t21-/m0/s1. The van der Waals surface area contributed by atoms with Gasteiger partial charge in [0.25, 0.3) is 5.91 Å². The van der Waals surface area contributed by atoms with Crippen LogP contribution in [0.5, 0.6) is 5.75 Å². The van der Waals surface area contributed by atoms with Crippen LogP contribution in [0.25, 0.3) is 0 Å². The highest BCUT2D eigenvalue weighted by atomic mass is 16.5. The highest BCUT2D eigenvalue weighted by Crippen LogP contribution is 2.35. The van der Waals surface area contributed by atoms with Gasteiger partial charge >= 0.3 is 0 Å². The van der Waals surface area contributed by atoms with Gasteiger partial charge < -0.3 is 15.4 Å². The van der Waals surface area contributed by atoms with E-state index in [-0.39, 0.29) is 17.7 Å². The molecule has 2 N–H and O–H groups in total. The number of Topliss-reactive ketones (excluding diaryl/α,β-unsaturated/α-hetero) is 1. The zero-order valence-corrected chi connectivity index (χ0v) is 16.5. The monoisotopic (exact) mass is 390 g/mol. The molecule has 150 valence electrons. The van der Waals surface area contributed by atoms with Gasteiger partial charge in [0.2, 0.25) is 0 Å². The van der Waals surface area contributed by atoms with E-state index in [0.29, 0.717) is 43.9 Å². The molecule has 4 rings (SSSR count). The molecule has 1 fully saturated rings. The molecule has 1 atom stereocenters. The third-order valence-corrected chi connectivity index (χ3v) is 5.75. The van der Waals surface area contributed by atoms with Crippen LogP contribution in [0.2, 0.25) is 0 Å². The second-order valence-corrected chi connectivity index (χ2v) is 7.83. The fourth-order valence-electron chi connectivity index (χ4n) is 4.21. The van der Waals surface area contributed by atoms with Crippen molar-refractivity contribution in [1.82, 2.24) is 4.90 Å². The minimum absolute atomic E-state index is 0.0820. The maximum Gasteiger partial charge on any atom is 0.255 e. The number of nitrogens with zero attached hydrogens (tertiary/aromatic N) is 1. The Morgan fingerprint density at radius 2 is 1.93 bits per heavy atom. The SMILES string of the molecule is C=C1CCC[C@H](N2Cc3c(OCc4cccc(CN)c4)cccc3C2=O)C(=O)C1. The Balaban J connectivity index is 1.53. The van der Waals surface area contributed by atoms with Gasteiger partial charge in [-0.2, -0.15) is 0 Å². The summed E-state index contributed by atoms with van der Waals surface area (Å²) >= 11 is 0. The number of carbonyl (C=O) groups is 2. The molecule has 0 unspecified atom stereocenters. The summed E-state index contributed by atoms with van der Waals surface area (Å²) in [6.07, 6.45) is 2.80. The first kappa shape index (κ1) is 19.4. The number of hydrogen-bond donors (Lipinski definition) is 1. The second-order valence-electron chi connectivity index (χ2n) is 7.83. The summed E-state index contributed by atoms with van der Waals surface area (Å²) in [7, 11) is 0. The lowest BCUT2D eigenvalue weighted by molar-refractivity contribution is -0.122. The molecule has 2 aromatic carbocycles. The number of nitrogens with two attached hydrogens (primary N) is 1. The molecule has 1 aliphatic carbocycles. The first-order chi connectivity index (χ1) is 14.1. The van der Waals surface area contributed by atoms with Crippen LogP contribution in [0.1, 0.15) is 52.7 Å². The van der Waals surface area contributed by atoms with Crippen LogP contribution in [0, 0.1) is 0 Å². The Labute approximate surface area is 171 Å². The maximum atomic E-state index is 13.0. The minimum Gasteiger partial charge on any atom is -0.489 e. The predicted octanol–water partition coefficient (Wildman–Crippen LogP) is 3.75. The molecule has 2 aromatic rings. The van der Waals surface area contributed by atoms with Crippen molar-refractivity contribution in [3.8, 4) is 5.75 Å². The maximum absolute atomic E-state index is 13.0. The van der Waals surface area contributed by atoms with Crippen LogP contribution < -0.4 is 10.5 Å². The first-order valence-electron chi connectivity index (χ1n) is 10.1. The minimum atomic E-state index is -0.372. The number of benzene rings is 2. The lowest BCUT2D eigenvalue weighted by atomic mass is 10.1. The van der Waals surface area contributed by atoms with Gasteiger partial charge in [0.05, 0.1) is 12.6 Å². The largest absolute Gasteiger partial charge is 0.489 e. The molecule has 1 heterocycles. The van der Waals surface area contributed by atoms with Gasteiger partial charge in [-0.15, -0.1) is 0 Å². The second kappa shape index (κ2) is 8.21. The summed E-state index contributed by atoms with van der Waals surface area (Å²) in [5.41, 5.74) is 10.3. The zero-order valence-electron chi connectivity index (χ0n) is 16.5. The van der Waals surface area contributed by atoms with Crippen LogP contribution in [-0.2, 0) is 24.5 Å². The Hall–Kier alpha value is -2.92. The lowest BCUT2D eigenvalue weighted by Gasteiger charge is -2.25. The van der Waals surface area contributed by atoms with Crippen LogP contribution in [0.3, 0.4) is 0 Å². The van der Waals surface area contributed by atoms with Crippen LogP contribution in [0.4, 0.5) is 0 Å². The molecule has 2 aliphatic rings. The summed E-state index contributed by atoms with van der Waals surface area (Å²) in [4.78, 5) is 27.4. The van der Waals surface area contributed by atoms with E-state index in [1.807, 2.05) is 42.5 Å². The highest BCUT2D eigenvalue weighted by molar-refractivity contribution is 6.02. The molecule has 0 bridgehead atoms. The van der Waals surface area contributed by atoms with E-state index in [1.54, 1.807) is 4.90 Å². The highest BCUT2D eigenvalue weighted by Gasteiger charge is 2.38. The number of ether oxygens (including phenoxy) is 1.